The van der Waals surface area contributed by atoms with E-state index in [4.69, 9.17) is 9.47 Å². The molecule has 0 bridgehead atoms. The van der Waals surface area contributed by atoms with Crippen LogP contribution < -0.4 is 0 Å². The van der Waals surface area contributed by atoms with Crippen LogP contribution in [-0.4, -0.2) is 64.5 Å². The maximum atomic E-state index is 13.4. The molecule has 2 atom stereocenters. The number of benzene rings is 3. The van der Waals surface area contributed by atoms with Gasteiger partial charge in [-0.15, -0.1) is 11.8 Å². The second-order valence-electron chi connectivity index (χ2n) is 12.2. The Labute approximate surface area is 269 Å². The molecule has 3 aromatic rings. The lowest BCUT2D eigenvalue weighted by atomic mass is 9.84. The summed E-state index contributed by atoms with van der Waals surface area (Å²) in [6.07, 6.45) is 3.26. The van der Waals surface area contributed by atoms with Crippen LogP contribution in [0.5, 0.6) is 0 Å². The summed E-state index contributed by atoms with van der Waals surface area (Å²) in [7, 11) is 0. The van der Waals surface area contributed by atoms with Crippen molar-refractivity contribution in [2.24, 2.45) is 0 Å². The van der Waals surface area contributed by atoms with Gasteiger partial charge in [-0.2, -0.15) is 0 Å². The number of carbonyl (C=O) groups excluding carboxylic acids is 3. The summed E-state index contributed by atoms with van der Waals surface area (Å²) >= 11 is 1.81. The first-order valence-corrected chi connectivity index (χ1v) is 16.1. The summed E-state index contributed by atoms with van der Waals surface area (Å²) < 4.78 is 10.4. The van der Waals surface area contributed by atoms with Crippen LogP contribution in [-0.2, 0) is 19.0 Å². The molecular weight excluding hydrogens is 584 g/mol. The van der Waals surface area contributed by atoms with Gasteiger partial charge in [0.2, 0.25) is 0 Å². The van der Waals surface area contributed by atoms with Crippen molar-refractivity contribution in [2.75, 3.05) is 19.7 Å². The molecule has 5 rings (SSSR count). The predicted octanol–water partition coefficient (Wildman–Crippen LogP) is 7.57. The van der Waals surface area contributed by atoms with Crippen LogP contribution in [0.4, 0.5) is 9.59 Å². The summed E-state index contributed by atoms with van der Waals surface area (Å²) in [6, 6.07) is 30.9. The van der Waals surface area contributed by atoms with E-state index in [2.05, 4.69) is 79.4 Å². The van der Waals surface area contributed by atoms with Crippen molar-refractivity contribution in [3.63, 3.8) is 0 Å². The molecule has 0 radical (unpaired) electrons. The summed E-state index contributed by atoms with van der Waals surface area (Å²) in [5.74, 6) is -0.382. The molecule has 8 heteroatoms. The first kappa shape index (κ1) is 32.1. The van der Waals surface area contributed by atoms with Gasteiger partial charge in [0.15, 0.2) is 0 Å². The van der Waals surface area contributed by atoms with Gasteiger partial charge in [0.05, 0.1) is 10.8 Å². The van der Waals surface area contributed by atoms with Crippen LogP contribution in [0.2, 0.25) is 0 Å². The maximum absolute atomic E-state index is 13.4. The molecule has 45 heavy (non-hydrogen) atoms. The van der Waals surface area contributed by atoms with E-state index in [1.807, 2.05) is 36.0 Å². The van der Waals surface area contributed by atoms with Gasteiger partial charge >= 0.3 is 12.2 Å². The minimum Gasteiger partial charge on any atom is -0.445 e. The Hall–Kier alpha value is -4.30. The Morgan fingerprint density at radius 1 is 0.889 bits per heavy atom. The molecule has 3 amide bonds. The van der Waals surface area contributed by atoms with Crippen molar-refractivity contribution in [1.82, 2.24) is 9.80 Å². The molecule has 0 aromatic heterocycles. The number of ether oxygens (including phenoxy) is 2. The van der Waals surface area contributed by atoms with Crippen molar-refractivity contribution in [1.29, 1.82) is 0 Å². The average Bonchev–Trinajstić information content (AvgIpc) is 3.61. The monoisotopic (exact) mass is 624 g/mol. The largest absolute Gasteiger partial charge is 0.445 e. The topological polar surface area (TPSA) is 76.2 Å². The van der Waals surface area contributed by atoms with E-state index in [1.165, 1.54) is 6.08 Å². The summed E-state index contributed by atoms with van der Waals surface area (Å²) in [4.78, 5) is 42.3. The number of hydrogen-bond donors (Lipinski definition) is 0. The zero-order valence-corrected chi connectivity index (χ0v) is 26.9. The fraction of sp³-hybridized carbons (Fsp3) is 0.324. The first-order valence-electron chi connectivity index (χ1n) is 15.3. The highest BCUT2D eigenvalue weighted by molar-refractivity contribution is 8.01. The van der Waals surface area contributed by atoms with Crippen LogP contribution in [0.1, 0.15) is 50.3 Å². The zero-order valence-electron chi connectivity index (χ0n) is 26.1. The van der Waals surface area contributed by atoms with Gasteiger partial charge in [0.25, 0.3) is 5.91 Å². The van der Waals surface area contributed by atoms with E-state index < -0.39 is 28.6 Å². The van der Waals surface area contributed by atoms with Crippen LogP contribution in [0.15, 0.2) is 115 Å². The Bertz CT molecular complexity index is 1440. The van der Waals surface area contributed by atoms with E-state index in [9.17, 15) is 14.4 Å². The Kier molecular flexibility index (Phi) is 9.83. The third-order valence-corrected chi connectivity index (χ3v) is 9.62. The van der Waals surface area contributed by atoms with E-state index in [0.29, 0.717) is 25.0 Å². The van der Waals surface area contributed by atoms with E-state index >= 15 is 0 Å². The van der Waals surface area contributed by atoms with Crippen LogP contribution in [0.25, 0.3) is 0 Å². The lowest BCUT2D eigenvalue weighted by molar-refractivity contribution is -0.124. The molecule has 2 aliphatic heterocycles. The molecule has 2 saturated heterocycles. The molecular formula is C37H40N2O5S. The normalized spacial score (nSPS) is 19.5. The van der Waals surface area contributed by atoms with Gasteiger partial charge in [-0.1, -0.05) is 110 Å². The molecule has 234 valence electrons. The molecule has 0 spiro atoms. The number of nitrogens with zero attached hydrogens (tertiary/aromatic N) is 2. The molecule has 2 heterocycles. The molecule has 2 fully saturated rings. The number of thioether (sulfide) groups is 1. The van der Waals surface area contributed by atoms with Gasteiger partial charge in [-0.3, -0.25) is 4.79 Å². The second kappa shape index (κ2) is 13.8. The van der Waals surface area contributed by atoms with Gasteiger partial charge in [0, 0.05) is 23.9 Å². The Morgan fingerprint density at radius 2 is 1.42 bits per heavy atom. The van der Waals surface area contributed by atoms with Gasteiger partial charge in [0.1, 0.15) is 12.2 Å². The van der Waals surface area contributed by atoms with E-state index in [0.717, 1.165) is 21.6 Å². The quantitative estimate of drug-likeness (QED) is 0.146. The van der Waals surface area contributed by atoms with Crippen LogP contribution in [0, 0.1) is 0 Å². The van der Waals surface area contributed by atoms with Crippen LogP contribution >= 0.6 is 11.8 Å². The lowest BCUT2D eigenvalue weighted by Gasteiger charge is -2.37. The molecule has 2 unspecified atom stereocenters. The fourth-order valence-electron chi connectivity index (χ4n) is 5.96. The lowest BCUT2D eigenvalue weighted by Crippen LogP contribution is -2.38. The average molecular weight is 625 g/mol. The molecule has 2 aliphatic rings. The summed E-state index contributed by atoms with van der Waals surface area (Å²) in [5, 5.41) is -0.0118. The highest BCUT2D eigenvalue weighted by atomic mass is 32.2. The molecule has 0 N–H and O–H groups in total. The number of amides is 3. The van der Waals surface area contributed by atoms with Crippen molar-refractivity contribution >= 4 is 29.9 Å². The second-order valence-corrected chi connectivity index (χ2v) is 13.7. The molecule has 0 aliphatic carbocycles. The smallest absolute Gasteiger partial charge is 0.417 e. The number of imide groups is 1. The minimum absolute atomic E-state index is 0.0118. The number of hydrogen-bond acceptors (Lipinski definition) is 6. The van der Waals surface area contributed by atoms with Gasteiger partial charge in [-0.25, -0.2) is 14.5 Å². The van der Waals surface area contributed by atoms with Crippen molar-refractivity contribution in [3.8, 4) is 0 Å². The number of carbonyl (C=O) groups is 3. The first-order chi connectivity index (χ1) is 21.6. The molecule has 7 nitrogen and oxygen atoms in total. The zero-order chi connectivity index (χ0) is 32.0. The molecule has 0 saturated carbocycles. The van der Waals surface area contributed by atoms with Gasteiger partial charge in [-0.05, 0) is 50.3 Å². The Morgan fingerprint density at radius 3 is 1.91 bits per heavy atom. The minimum atomic E-state index is -0.714. The standard InChI is InChI=1S/C37H40N2O5S/c1-5-23-43-34(41)39-26-32(25-31(39)24-27-21-22-38(33(27)40)35(42)44-36(2,3)4)45-37(28-15-9-6-10-16-28,29-17-11-7-12-18-29)30-19-13-8-14-20-30/h5-20,24,31-32H,1,21-23,25-26H2,2-4H3/b27-24-. The highest BCUT2D eigenvalue weighted by Gasteiger charge is 2.45. The third-order valence-electron chi connectivity index (χ3n) is 7.88. The summed E-state index contributed by atoms with van der Waals surface area (Å²) in [6.45, 7) is 9.74. The highest BCUT2D eigenvalue weighted by Crippen LogP contribution is 2.52. The van der Waals surface area contributed by atoms with Gasteiger partial charge < -0.3 is 14.4 Å². The van der Waals surface area contributed by atoms with E-state index in [-0.39, 0.29) is 24.3 Å². The SMILES string of the molecule is C=CCOC(=O)N1CC(SC(c2ccccc2)(c2ccccc2)c2ccccc2)CC1/C=C1/CCN(C(=O)OC(C)(C)C)C1=O. The van der Waals surface area contributed by atoms with Crippen molar-refractivity contribution in [2.45, 2.75) is 55.3 Å². The number of likely N-dealkylation sites (tertiary alicyclic amines) is 2. The van der Waals surface area contributed by atoms with E-state index in [1.54, 1.807) is 25.7 Å². The van der Waals surface area contributed by atoms with Crippen molar-refractivity contribution in [3.05, 3.63) is 132 Å². The molecule has 3 aromatic carbocycles. The fourth-order valence-corrected chi connectivity index (χ4v) is 7.80. The van der Waals surface area contributed by atoms with Crippen molar-refractivity contribution < 1.29 is 23.9 Å². The number of rotatable bonds is 8. The summed E-state index contributed by atoms with van der Waals surface area (Å²) in [5.41, 5.74) is 3.18. The predicted molar refractivity (Wildman–Crippen MR) is 178 cm³/mol. The maximum Gasteiger partial charge on any atom is 0.417 e. The van der Waals surface area contributed by atoms with Crippen LogP contribution in [0.3, 0.4) is 0 Å². The third kappa shape index (κ3) is 7.17. The Balaban J connectivity index is 1.50.